The molecule has 0 aliphatic heterocycles. The standard InChI is InChI=1S/C23H30N2O5/c1-23(2,3)30-22(27)24-20(21(26)25(4)28-5)15-18-12-9-13-19(14-18)29-16-17-10-7-6-8-11-17/h6-14,20H,15-16H2,1-5H3,(H,24,27). The van der Waals surface area contributed by atoms with Crippen molar-refractivity contribution in [2.45, 2.75) is 45.4 Å². The number of nitrogens with one attached hydrogen (secondary N) is 1. The summed E-state index contributed by atoms with van der Waals surface area (Å²) in [5, 5.41) is 3.72. The predicted octanol–water partition coefficient (Wildman–Crippen LogP) is 3.72. The Hall–Kier alpha value is -3.06. The summed E-state index contributed by atoms with van der Waals surface area (Å²) in [4.78, 5) is 29.9. The van der Waals surface area contributed by atoms with Crippen LogP contribution >= 0.6 is 0 Å². The van der Waals surface area contributed by atoms with Crippen LogP contribution in [0.15, 0.2) is 54.6 Å². The monoisotopic (exact) mass is 414 g/mol. The molecule has 2 amide bonds. The summed E-state index contributed by atoms with van der Waals surface area (Å²) in [5.41, 5.74) is 1.22. The van der Waals surface area contributed by atoms with E-state index in [2.05, 4.69) is 5.32 Å². The molecule has 0 aromatic heterocycles. The van der Waals surface area contributed by atoms with Gasteiger partial charge in [-0.15, -0.1) is 0 Å². The molecule has 1 unspecified atom stereocenters. The van der Waals surface area contributed by atoms with Crippen LogP contribution in [0.4, 0.5) is 4.79 Å². The van der Waals surface area contributed by atoms with Crippen LogP contribution in [0.2, 0.25) is 0 Å². The number of rotatable bonds is 8. The quantitative estimate of drug-likeness (QED) is 0.666. The van der Waals surface area contributed by atoms with Gasteiger partial charge in [0.1, 0.15) is 24.0 Å². The number of hydrogen-bond acceptors (Lipinski definition) is 5. The molecule has 0 radical (unpaired) electrons. The van der Waals surface area contributed by atoms with E-state index in [1.807, 2.05) is 54.6 Å². The van der Waals surface area contributed by atoms with Crippen molar-refractivity contribution in [2.75, 3.05) is 14.2 Å². The highest BCUT2D eigenvalue weighted by Gasteiger charge is 2.27. The van der Waals surface area contributed by atoms with E-state index in [0.717, 1.165) is 16.2 Å². The van der Waals surface area contributed by atoms with Gasteiger partial charge in [0.25, 0.3) is 5.91 Å². The molecule has 0 aliphatic carbocycles. The zero-order valence-electron chi connectivity index (χ0n) is 18.2. The van der Waals surface area contributed by atoms with Crippen molar-refractivity contribution in [3.63, 3.8) is 0 Å². The van der Waals surface area contributed by atoms with Crippen molar-refractivity contribution in [2.24, 2.45) is 0 Å². The topological polar surface area (TPSA) is 77.1 Å². The molecular weight excluding hydrogens is 384 g/mol. The molecule has 0 bridgehead atoms. The van der Waals surface area contributed by atoms with Gasteiger partial charge in [-0.3, -0.25) is 9.63 Å². The van der Waals surface area contributed by atoms with Gasteiger partial charge < -0.3 is 14.8 Å². The Kier molecular flexibility index (Phi) is 8.24. The molecule has 7 nitrogen and oxygen atoms in total. The summed E-state index contributed by atoms with van der Waals surface area (Å²) in [6, 6.07) is 16.4. The Balaban J connectivity index is 2.10. The van der Waals surface area contributed by atoms with Crippen LogP contribution in [0.3, 0.4) is 0 Å². The minimum atomic E-state index is -0.853. The van der Waals surface area contributed by atoms with Crippen LogP contribution in [0, 0.1) is 0 Å². The largest absolute Gasteiger partial charge is 0.489 e. The molecule has 0 saturated heterocycles. The fourth-order valence-corrected chi connectivity index (χ4v) is 2.70. The van der Waals surface area contributed by atoms with Gasteiger partial charge in [0.15, 0.2) is 0 Å². The maximum absolute atomic E-state index is 12.7. The van der Waals surface area contributed by atoms with Gasteiger partial charge in [-0.2, -0.15) is 0 Å². The van der Waals surface area contributed by atoms with Crippen molar-refractivity contribution in [3.8, 4) is 5.75 Å². The SMILES string of the molecule is CON(C)C(=O)C(Cc1cccc(OCc2ccccc2)c1)NC(=O)OC(C)(C)C. The number of carbonyl (C=O) groups is 2. The summed E-state index contributed by atoms with van der Waals surface area (Å²) in [7, 11) is 2.88. The van der Waals surface area contributed by atoms with E-state index >= 15 is 0 Å². The Morgan fingerprint density at radius 2 is 1.70 bits per heavy atom. The third kappa shape index (κ3) is 7.75. The fourth-order valence-electron chi connectivity index (χ4n) is 2.70. The van der Waals surface area contributed by atoms with Gasteiger partial charge in [-0.05, 0) is 44.0 Å². The number of carbonyl (C=O) groups excluding carboxylic acids is 2. The first kappa shape index (κ1) is 23.2. The van der Waals surface area contributed by atoms with Crippen molar-refractivity contribution < 1.29 is 23.9 Å². The van der Waals surface area contributed by atoms with Gasteiger partial charge in [0.2, 0.25) is 0 Å². The normalized spacial score (nSPS) is 12.0. The highest BCUT2D eigenvalue weighted by atomic mass is 16.7. The fraction of sp³-hybridized carbons (Fsp3) is 0.391. The maximum atomic E-state index is 12.7. The van der Waals surface area contributed by atoms with E-state index in [0.29, 0.717) is 12.4 Å². The second-order valence-corrected chi connectivity index (χ2v) is 7.84. The lowest BCUT2D eigenvalue weighted by atomic mass is 10.0. The van der Waals surface area contributed by atoms with Crippen LogP contribution in [0.1, 0.15) is 31.9 Å². The first-order valence-electron chi connectivity index (χ1n) is 9.75. The molecule has 0 aliphatic rings. The molecule has 2 rings (SSSR count). The molecule has 0 heterocycles. The molecule has 30 heavy (non-hydrogen) atoms. The number of likely N-dealkylation sites (N-methyl/N-ethyl adjacent to an activating group) is 1. The van der Waals surface area contributed by atoms with Crippen molar-refractivity contribution in [1.29, 1.82) is 0 Å². The third-order valence-corrected chi connectivity index (χ3v) is 4.16. The number of hydroxylamine groups is 2. The van der Waals surface area contributed by atoms with Crippen LogP contribution in [0.25, 0.3) is 0 Å². The summed E-state index contributed by atoms with van der Waals surface area (Å²) < 4.78 is 11.2. The minimum absolute atomic E-state index is 0.258. The molecule has 0 fully saturated rings. The third-order valence-electron chi connectivity index (χ3n) is 4.16. The highest BCUT2D eigenvalue weighted by Crippen LogP contribution is 2.17. The average molecular weight is 415 g/mol. The zero-order valence-corrected chi connectivity index (χ0v) is 18.2. The van der Waals surface area contributed by atoms with E-state index in [-0.39, 0.29) is 12.3 Å². The number of benzene rings is 2. The van der Waals surface area contributed by atoms with Gasteiger partial charge >= 0.3 is 6.09 Å². The maximum Gasteiger partial charge on any atom is 0.408 e. The summed E-state index contributed by atoms with van der Waals surface area (Å²) >= 11 is 0. The molecule has 1 atom stereocenters. The van der Waals surface area contributed by atoms with Crippen LogP contribution in [0.5, 0.6) is 5.75 Å². The molecular formula is C23H30N2O5. The number of amides is 2. The second kappa shape index (κ2) is 10.6. The smallest absolute Gasteiger partial charge is 0.408 e. The molecule has 1 N–H and O–H groups in total. The Morgan fingerprint density at radius 3 is 2.33 bits per heavy atom. The lowest BCUT2D eigenvalue weighted by molar-refractivity contribution is -0.171. The molecule has 162 valence electrons. The molecule has 7 heteroatoms. The van der Waals surface area contributed by atoms with Crippen LogP contribution in [-0.2, 0) is 27.4 Å². The van der Waals surface area contributed by atoms with E-state index in [1.54, 1.807) is 20.8 Å². The average Bonchev–Trinajstić information content (AvgIpc) is 2.70. The number of ether oxygens (including phenoxy) is 2. The van der Waals surface area contributed by atoms with Crippen molar-refractivity contribution in [1.82, 2.24) is 10.4 Å². The Bertz CT molecular complexity index is 833. The van der Waals surface area contributed by atoms with Crippen molar-refractivity contribution >= 4 is 12.0 Å². The van der Waals surface area contributed by atoms with E-state index in [4.69, 9.17) is 14.3 Å². The zero-order chi connectivity index (χ0) is 22.1. The predicted molar refractivity (Wildman–Crippen MR) is 114 cm³/mol. The lowest BCUT2D eigenvalue weighted by Gasteiger charge is -2.25. The molecule has 0 saturated carbocycles. The summed E-state index contributed by atoms with van der Waals surface area (Å²) in [5.74, 6) is 0.291. The lowest BCUT2D eigenvalue weighted by Crippen LogP contribution is -2.49. The van der Waals surface area contributed by atoms with Gasteiger partial charge in [0.05, 0.1) is 7.11 Å². The van der Waals surface area contributed by atoms with Crippen LogP contribution in [-0.4, -0.2) is 42.9 Å². The Morgan fingerprint density at radius 1 is 1.03 bits per heavy atom. The highest BCUT2D eigenvalue weighted by molar-refractivity contribution is 5.85. The van der Waals surface area contributed by atoms with Crippen LogP contribution < -0.4 is 10.1 Å². The molecule has 2 aromatic rings. The van der Waals surface area contributed by atoms with Crippen molar-refractivity contribution in [3.05, 3.63) is 65.7 Å². The minimum Gasteiger partial charge on any atom is -0.489 e. The molecule has 0 spiro atoms. The first-order valence-corrected chi connectivity index (χ1v) is 9.75. The number of hydrogen-bond donors (Lipinski definition) is 1. The summed E-state index contributed by atoms with van der Waals surface area (Å²) in [6.45, 7) is 5.73. The Labute approximate surface area is 177 Å². The number of alkyl carbamates (subject to hydrolysis) is 1. The second-order valence-electron chi connectivity index (χ2n) is 7.84. The number of nitrogens with zero attached hydrogens (tertiary/aromatic N) is 1. The summed E-state index contributed by atoms with van der Waals surface area (Å²) in [6.07, 6.45) is -0.407. The van der Waals surface area contributed by atoms with E-state index in [9.17, 15) is 9.59 Å². The van der Waals surface area contributed by atoms with Gasteiger partial charge in [-0.25, -0.2) is 9.86 Å². The molecule has 2 aromatic carbocycles. The van der Waals surface area contributed by atoms with Gasteiger partial charge in [-0.1, -0.05) is 42.5 Å². The first-order chi connectivity index (χ1) is 14.2. The van der Waals surface area contributed by atoms with E-state index < -0.39 is 17.7 Å². The van der Waals surface area contributed by atoms with E-state index in [1.165, 1.54) is 14.2 Å². The van der Waals surface area contributed by atoms with Gasteiger partial charge in [0, 0.05) is 13.5 Å².